The average Bonchev–Trinajstić information content (AvgIpc) is 2.16. The first kappa shape index (κ1) is 13.9. The zero-order valence-corrected chi connectivity index (χ0v) is 11.0. The molecule has 0 unspecified atom stereocenters. The number of nitrogens with two attached hydrogens (primary N) is 1. The Balaban J connectivity index is 2.47. The highest BCUT2D eigenvalue weighted by atomic mass is 31.2. The molecular formula is C11H22NO3P. The highest BCUT2D eigenvalue weighted by Crippen LogP contribution is 2.50. The van der Waals surface area contributed by atoms with Gasteiger partial charge in [0.15, 0.2) is 0 Å². The SMILES string of the molecule is CCOP(=O)(C=CCC1(N)CCC1)OCC. The summed E-state index contributed by atoms with van der Waals surface area (Å²) in [5.41, 5.74) is 5.97. The van der Waals surface area contributed by atoms with E-state index in [0.717, 1.165) is 19.3 Å². The maximum atomic E-state index is 12.0. The van der Waals surface area contributed by atoms with Gasteiger partial charge in [-0.25, -0.2) is 0 Å². The first-order valence-corrected chi connectivity index (χ1v) is 7.50. The molecule has 16 heavy (non-hydrogen) atoms. The maximum Gasteiger partial charge on any atom is 0.353 e. The Hall–Kier alpha value is -0.150. The highest BCUT2D eigenvalue weighted by Gasteiger charge is 2.31. The molecule has 1 saturated carbocycles. The van der Waals surface area contributed by atoms with Crippen LogP contribution >= 0.6 is 7.60 Å². The van der Waals surface area contributed by atoms with E-state index in [9.17, 15) is 4.57 Å². The minimum atomic E-state index is -3.03. The first-order chi connectivity index (χ1) is 7.54. The molecule has 1 rings (SSSR count). The van der Waals surface area contributed by atoms with Gasteiger partial charge in [-0.15, -0.1) is 0 Å². The fourth-order valence-electron chi connectivity index (χ4n) is 1.73. The van der Waals surface area contributed by atoms with E-state index in [1.54, 1.807) is 19.7 Å². The number of hydrogen-bond donors (Lipinski definition) is 1. The van der Waals surface area contributed by atoms with Crippen LogP contribution in [0.5, 0.6) is 0 Å². The van der Waals surface area contributed by atoms with Gasteiger partial charge in [-0.2, -0.15) is 0 Å². The van der Waals surface area contributed by atoms with Gasteiger partial charge >= 0.3 is 7.60 Å². The Labute approximate surface area is 97.7 Å². The second-order valence-corrected chi connectivity index (χ2v) is 6.07. The average molecular weight is 247 g/mol. The van der Waals surface area contributed by atoms with Crippen molar-refractivity contribution in [1.82, 2.24) is 0 Å². The second kappa shape index (κ2) is 5.97. The summed E-state index contributed by atoms with van der Waals surface area (Å²) in [4.78, 5) is 0. The Bertz CT molecular complexity index is 277. The van der Waals surface area contributed by atoms with Crippen LogP contribution in [0.15, 0.2) is 11.9 Å². The summed E-state index contributed by atoms with van der Waals surface area (Å²) in [5, 5.41) is 0. The van der Waals surface area contributed by atoms with Crippen LogP contribution in [0.1, 0.15) is 39.5 Å². The molecule has 1 aliphatic carbocycles. The summed E-state index contributed by atoms with van der Waals surface area (Å²) in [6.45, 7) is 4.37. The molecule has 1 fully saturated rings. The predicted molar refractivity (Wildman–Crippen MR) is 65.4 cm³/mol. The molecule has 2 N–H and O–H groups in total. The molecule has 0 radical (unpaired) electrons. The lowest BCUT2D eigenvalue weighted by Crippen LogP contribution is -2.45. The van der Waals surface area contributed by atoms with Crippen LogP contribution in [0.4, 0.5) is 0 Å². The molecule has 0 aromatic carbocycles. The molecule has 0 heterocycles. The van der Waals surface area contributed by atoms with Crippen LogP contribution in [-0.4, -0.2) is 18.8 Å². The van der Waals surface area contributed by atoms with Crippen molar-refractivity contribution in [3.8, 4) is 0 Å². The summed E-state index contributed by atoms with van der Waals surface area (Å²) < 4.78 is 22.3. The van der Waals surface area contributed by atoms with Crippen molar-refractivity contribution >= 4 is 7.60 Å². The van der Waals surface area contributed by atoms with Gasteiger partial charge in [0.25, 0.3) is 0 Å². The molecule has 0 atom stereocenters. The highest BCUT2D eigenvalue weighted by molar-refractivity contribution is 7.57. The summed E-state index contributed by atoms with van der Waals surface area (Å²) in [6.07, 6.45) is 5.87. The zero-order chi connectivity index (χ0) is 12.1. The van der Waals surface area contributed by atoms with Gasteiger partial charge in [0, 0.05) is 11.4 Å². The van der Waals surface area contributed by atoms with E-state index in [0.29, 0.717) is 13.2 Å². The molecule has 0 amide bonds. The van der Waals surface area contributed by atoms with Crippen LogP contribution < -0.4 is 5.73 Å². The molecule has 5 heteroatoms. The van der Waals surface area contributed by atoms with Gasteiger partial charge < -0.3 is 14.8 Å². The van der Waals surface area contributed by atoms with Crippen LogP contribution in [0.25, 0.3) is 0 Å². The van der Waals surface area contributed by atoms with Crippen molar-refractivity contribution in [3.63, 3.8) is 0 Å². The smallest absolute Gasteiger partial charge is 0.325 e. The Morgan fingerprint density at radius 2 is 1.88 bits per heavy atom. The topological polar surface area (TPSA) is 61.5 Å². The van der Waals surface area contributed by atoms with Crippen molar-refractivity contribution in [2.75, 3.05) is 13.2 Å². The molecule has 1 aliphatic rings. The predicted octanol–water partition coefficient (Wildman–Crippen LogP) is 3.04. The molecular weight excluding hydrogens is 225 g/mol. The number of rotatable bonds is 7. The van der Waals surface area contributed by atoms with Gasteiger partial charge in [0.2, 0.25) is 0 Å². The number of hydrogen-bond acceptors (Lipinski definition) is 4. The lowest BCUT2D eigenvalue weighted by atomic mass is 9.75. The monoisotopic (exact) mass is 247 g/mol. The molecule has 0 aromatic heterocycles. The molecule has 0 spiro atoms. The molecule has 94 valence electrons. The van der Waals surface area contributed by atoms with Crippen molar-refractivity contribution in [3.05, 3.63) is 11.9 Å². The minimum Gasteiger partial charge on any atom is -0.325 e. The molecule has 0 aliphatic heterocycles. The van der Waals surface area contributed by atoms with Crippen molar-refractivity contribution in [1.29, 1.82) is 0 Å². The lowest BCUT2D eigenvalue weighted by molar-refractivity contribution is 0.228. The molecule has 0 saturated heterocycles. The maximum absolute atomic E-state index is 12.0. The Morgan fingerprint density at radius 3 is 2.25 bits per heavy atom. The minimum absolute atomic E-state index is 0.0836. The normalized spacial score (nSPS) is 19.9. The van der Waals surface area contributed by atoms with Gasteiger partial charge in [0.05, 0.1) is 13.2 Å². The third kappa shape index (κ3) is 4.02. The summed E-state index contributed by atoms with van der Waals surface area (Å²) >= 11 is 0. The van der Waals surface area contributed by atoms with Crippen LogP contribution in [-0.2, 0) is 13.6 Å². The summed E-state index contributed by atoms with van der Waals surface area (Å²) in [6, 6.07) is 0. The zero-order valence-electron chi connectivity index (χ0n) is 10.1. The quantitative estimate of drug-likeness (QED) is 0.702. The van der Waals surface area contributed by atoms with Gasteiger partial charge in [-0.1, -0.05) is 6.08 Å². The molecule has 0 bridgehead atoms. The van der Waals surface area contributed by atoms with Crippen molar-refractivity contribution < 1.29 is 13.6 Å². The summed E-state index contributed by atoms with van der Waals surface area (Å²) in [7, 11) is -3.03. The Kier molecular flexibility index (Phi) is 5.19. The van der Waals surface area contributed by atoms with Gasteiger partial charge in [-0.3, -0.25) is 4.57 Å². The van der Waals surface area contributed by atoms with E-state index in [2.05, 4.69) is 0 Å². The van der Waals surface area contributed by atoms with Gasteiger partial charge in [0.1, 0.15) is 0 Å². The van der Waals surface area contributed by atoms with Crippen molar-refractivity contribution in [2.24, 2.45) is 5.73 Å². The van der Waals surface area contributed by atoms with E-state index in [1.807, 2.05) is 6.08 Å². The van der Waals surface area contributed by atoms with E-state index in [4.69, 9.17) is 14.8 Å². The van der Waals surface area contributed by atoms with Gasteiger partial charge in [-0.05, 0) is 39.5 Å². The standard InChI is InChI=1S/C11H22NO3P/c1-3-14-16(13,15-4-2)10-6-9-11(12)7-5-8-11/h6,10H,3-5,7-9,12H2,1-2H3. The van der Waals surface area contributed by atoms with E-state index in [1.165, 1.54) is 6.42 Å². The van der Waals surface area contributed by atoms with Crippen molar-refractivity contribution in [2.45, 2.75) is 45.1 Å². The van der Waals surface area contributed by atoms with Crippen LogP contribution in [0.3, 0.4) is 0 Å². The first-order valence-electron chi connectivity index (χ1n) is 5.89. The third-order valence-corrected chi connectivity index (χ3v) is 4.59. The van der Waals surface area contributed by atoms with E-state index >= 15 is 0 Å². The fraction of sp³-hybridized carbons (Fsp3) is 0.818. The van der Waals surface area contributed by atoms with E-state index < -0.39 is 7.60 Å². The van der Waals surface area contributed by atoms with E-state index in [-0.39, 0.29) is 5.54 Å². The second-order valence-electron chi connectivity index (χ2n) is 4.18. The van der Waals surface area contributed by atoms with Crippen LogP contribution in [0.2, 0.25) is 0 Å². The Morgan fingerprint density at radius 1 is 1.31 bits per heavy atom. The molecule has 4 nitrogen and oxygen atoms in total. The summed E-state index contributed by atoms with van der Waals surface area (Å²) in [5.74, 6) is 1.55. The third-order valence-electron chi connectivity index (χ3n) is 2.78. The largest absolute Gasteiger partial charge is 0.353 e. The fourth-order valence-corrected chi connectivity index (χ4v) is 3.06. The molecule has 0 aromatic rings. The van der Waals surface area contributed by atoms with Crippen LogP contribution in [0, 0.1) is 0 Å². The lowest BCUT2D eigenvalue weighted by Gasteiger charge is -2.37.